The molecule has 0 N–H and O–H groups in total. The van der Waals surface area contributed by atoms with Crippen molar-refractivity contribution in [2.45, 2.75) is 6.61 Å². The summed E-state index contributed by atoms with van der Waals surface area (Å²) < 4.78 is 12.3. The van der Waals surface area contributed by atoms with Gasteiger partial charge in [-0.15, -0.1) is 0 Å². The number of benzene rings is 3. The van der Waals surface area contributed by atoms with Crippen molar-refractivity contribution in [1.82, 2.24) is 0 Å². The molecule has 3 aromatic rings. The van der Waals surface area contributed by atoms with Crippen LogP contribution >= 0.6 is 27.5 Å². The lowest BCUT2D eigenvalue weighted by atomic mass is 10.1. The predicted octanol–water partition coefficient (Wildman–Crippen LogP) is 6.03. The Balaban J connectivity index is 1.56. The molecule has 144 valence electrons. The third kappa shape index (κ3) is 4.75. The Morgan fingerprint density at radius 2 is 1.72 bits per heavy atom. The molecule has 0 unspecified atom stereocenters. The first kappa shape index (κ1) is 19.4. The standard InChI is InChI=1S/C23H15BrClNO3/c24-18-9-5-15(6-10-18)14-28-21-4-2-1-3-17(21)13-20-23(27)29-22(26-20)16-7-11-19(25)12-8-16/h1-13H,14H2/b20-13-. The Labute approximate surface area is 181 Å². The molecule has 0 amide bonds. The number of hydrogen-bond acceptors (Lipinski definition) is 4. The number of halogens is 2. The number of cyclic esters (lactones) is 1. The quantitative estimate of drug-likeness (QED) is 0.339. The molecule has 0 atom stereocenters. The van der Waals surface area contributed by atoms with Crippen LogP contribution in [0.25, 0.3) is 6.08 Å². The molecule has 0 fully saturated rings. The second kappa shape index (κ2) is 8.64. The molecular weight excluding hydrogens is 454 g/mol. The molecule has 0 bridgehead atoms. The number of aliphatic imine (C=N–C) groups is 1. The molecule has 1 heterocycles. The number of ether oxygens (including phenoxy) is 2. The van der Waals surface area contributed by atoms with Crippen LogP contribution in [0.2, 0.25) is 5.02 Å². The molecule has 4 rings (SSSR count). The van der Waals surface area contributed by atoms with Crippen LogP contribution in [-0.2, 0) is 16.1 Å². The molecule has 4 nitrogen and oxygen atoms in total. The molecule has 0 radical (unpaired) electrons. The third-order valence-corrected chi connectivity index (χ3v) is 5.01. The van der Waals surface area contributed by atoms with E-state index in [0.29, 0.717) is 22.9 Å². The van der Waals surface area contributed by atoms with Gasteiger partial charge in [-0.25, -0.2) is 9.79 Å². The van der Waals surface area contributed by atoms with Gasteiger partial charge in [0.25, 0.3) is 0 Å². The van der Waals surface area contributed by atoms with Crippen molar-refractivity contribution < 1.29 is 14.3 Å². The van der Waals surface area contributed by atoms with Crippen molar-refractivity contribution >= 4 is 45.5 Å². The zero-order chi connectivity index (χ0) is 20.2. The summed E-state index contributed by atoms with van der Waals surface area (Å²) in [7, 11) is 0. The van der Waals surface area contributed by atoms with E-state index in [1.54, 1.807) is 30.3 Å². The van der Waals surface area contributed by atoms with E-state index < -0.39 is 5.97 Å². The fraction of sp³-hybridized carbons (Fsp3) is 0.0435. The molecule has 0 spiro atoms. The van der Waals surface area contributed by atoms with E-state index in [-0.39, 0.29) is 11.6 Å². The van der Waals surface area contributed by atoms with Crippen LogP contribution in [0, 0.1) is 0 Å². The van der Waals surface area contributed by atoms with Crippen LogP contribution in [0.3, 0.4) is 0 Å². The lowest BCUT2D eigenvalue weighted by Gasteiger charge is -2.09. The molecule has 0 aliphatic carbocycles. The van der Waals surface area contributed by atoms with E-state index in [1.165, 1.54) is 0 Å². The summed E-state index contributed by atoms with van der Waals surface area (Å²) in [5.41, 5.74) is 2.69. The first-order valence-electron chi connectivity index (χ1n) is 8.83. The zero-order valence-electron chi connectivity index (χ0n) is 15.1. The average Bonchev–Trinajstić information content (AvgIpc) is 3.09. The Bertz CT molecular complexity index is 1110. The van der Waals surface area contributed by atoms with Crippen LogP contribution in [0.4, 0.5) is 0 Å². The number of para-hydroxylation sites is 1. The molecule has 1 aliphatic rings. The van der Waals surface area contributed by atoms with Crippen molar-refractivity contribution in [1.29, 1.82) is 0 Å². The molecule has 0 aromatic heterocycles. The first-order valence-corrected chi connectivity index (χ1v) is 10.0. The number of nitrogens with zero attached hydrogens (tertiary/aromatic N) is 1. The monoisotopic (exact) mass is 467 g/mol. The largest absolute Gasteiger partial charge is 0.488 e. The average molecular weight is 469 g/mol. The molecule has 0 saturated carbocycles. The minimum Gasteiger partial charge on any atom is -0.488 e. The summed E-state index contributed by atoms with van der Waals surface area (Å²) in [6, 6.07) is 22.4. The minimum absolute atomic E-state index is 0.217. The van der Waals surface area contributed by atoms with E-state index in [2.05, 4.69) is 20.9 Å². The van der Waals surface area contributed by atoms with Gasteiger partial charge in [0.15, 0.2) is 5.70 Å². The second-order valence-electron chi connectivity index (χ2n) is 6.30. The van der Waals surface area contributed by atoms with Crippen LogP contribution in [0.1, 0.15) is 16.7 Å². The molecule has 29 heavy (non-hydrogen) atoms. The molecule has 1 aliphatic heterocycles. The van der Waals surface area contributed by atoms with E-state index >= 15 is 0 Å². The van der Waals surface area contributed by atoms with Crippen molar-refractivity contribution in [2.24, 2.45) is 4.99 Å². The third-order valence-electron chi connectivity index (χ3n) is 4.23. The lowest BCUT2D eigenvalue weighted by molar-refractivity contribution is -0.129. The van der Waals surface area contributed by atoms with Crippen molar-refractivity contribution in [3.63, 3.8) is 0 Å². The summed E-state index contributed by atoms with van der Waals surface area (Å²) >= 11 is 9.33. The van der Waals surface area contributed by atoms with Crippen LogP contribution in [-0.4, -0.2) is 11.9 Å². The number of esters is 1. The van der Waals surface area contributed by atoms with E-state index in [4.69, 9.17) is 21.1 Å². The van der Waals surface area contributed by atoms with Crippen LogP contribution in [0.15, 0.2) is 88.0 Å². The minimum atomic E-state index is -0.502. The van der Waals surface area contributed by atoms with Gasteiger partial charge in [0, 0.05) is 20.6 Å². The van der Waals surface area contributed by atoms with Gasteiger partial charge < -0.3 is 9.47 Å². The highest BCUT2D eigenvalue weighted by Gasteiger charge is 2.24. The topological polar surface area (TPSA) is 47.9 Å². The van der Waals surface area contributed by atoms with Gasteiger partial charge in [0.1, 0.15) is 12.4 Å². The van der Waals surface area contributed by atoms with Gasteiger partial charge in [-0.1, -0.05) is 57.9 Å². The lowest BCUT2D eigenvalue weighted by Crippen LogP contribution is -2.05. The fourth-order valence-electron chi connectivity index (χ4n) is 2.75. The maximum Gasteiger partial charge on any atom is 0.363 e. The van der Waals surface area contributed by atoms with Gasteiger partial charge >= 0.3 is 5.97 Å². The van der Waals surface area contributed by atoms with Crippen LogP contribution in [0.5, 0.6) is 5.75 Å². The fourth-order valence-corrected chi connectivity index (χ4v) is 3.14. The number of rotatable bonds is 5. The van der Waals surface area contributed by atoms with Gasteiger partial charge in [-0.3, -0.25) is 0 Å². The second-order valence-corrected chi connectivity index (χ2v) is 7.65. The van der Waals surface area contributed by atoms with E-state index in [9.17, 15) is 4.79 Å². The Morgan fingerprint density at radius 3 is 2.48 bits per heavy atom. The van der Waals surface area contributed by atoms with Gasteiger partial charge in [0.05, 0.1) is 0 Å². The smallest absolute Gasteiger partial charge is 0.363 e. The summed E-state index contributed by atoms with van der Waals surface area (Å²) in [6.45, 7) is 0.414. The zero-order valence-corrected chi connectivity index (χ0v) is 17.5. The highest BCUT2D eigenvalue weighted by molar-refractivity contribution is 9.10. The highest BCUT2D eigenvalue weighted by Crippen LogP contribution is 2.26. The summed E-state index contributed by atoms with van der Waals surface area (Å²) in [4.78, 5) is 16.6. The summed E-state index contributed by atoms with van der Waals surface area (Å²) in [5, 5.41) is 0.603. The maximum absolute atomic E-state index is 12.3. The highest BCUT2D eigenvalue weighted by atomic mass is 79.9. The van der Waals surface area contributed by atoms with Gasteiger partial charge in [-0.2, -0.15) is 0 Å². The molecule has 0 saturated heterocycles. The van der Waals surface area contributed by atoms with Crippen LogP contribution < -0.4 is 4.74 Å². The normalized spacial score (nSPS) is 14.6. The van der Waals surface area contributed by atoms with Crippen molar-refractivity contribution in [3.05, 3.63) is 105 Å². The van der Waals surface area contributed by atoms with Gasteiger partial charge in [0.2, 0.25) is 5.90 Å². The Hall–Kier alpha value is -2.89. The first-order chi connectivity index (χ1) is 14.1. The molecule has 3 aromatic carbocycles. The summed E-state index contributed by atoms with van der Waals surface area (Å²) in [5.74, 6) is 0.412. The maximum atomic E-state index is 12.3. The Morgan fingerprint density at radius 1 is 1.00 bits per heavy atom. The van der Waals surface area contributed by atoms with E-state index in [1.807, 2.05) is 48.5 Å². The van der Waals surface area contributed by atoms with E-state index in [0.717, 1.165) is 15.6 Å². The summed E-state index contributed by atoms with van der Waals surface area (Å²) in [6.07, 6.45) is 1.67. The molecular formula is C23H15BrClNO3. The number of hydrogen-bond donors (Lipinski definition) is 0. The van der Waals surface area contributed by atoms with Crippen molar-refractivity contribution in [2.75, 3.05) is 0 Å². The van der Waals surface area contributed by atoms with Crippen molar-refractivity contribution in [3.8, 4) is 5.75 Å². The number of carbonyl (C=O) groups is 1. The SMILES string of the molecule is O=C1OC(c2ccc(Cl)cc2)=N/C1=C\c1ccccc1OCc1ccc(Br)cc1. The predicted molar refractivity (Wildman–Crippen MR) is 117 cm³/mol. The number of carbonyl (C=O) groups excluding carboxylic acids is 1. The van der Waals surface area contributed by atoms with Gasteiger partial charge in [-0.05, 0) is 54.1 Å². The Kier molecular flexibility index (Phi) is 5.79. The molecule has 6 heteroatoms.